The van der Waals surface area contributed by atoms with Crippen molar-refractivity contribution in [2.24, 2.45) is 5.92 Å². The highest BCUT2D eigenvalue weighted by Gasteiger charge is 2.26. The van der Waals surface area contributed by atoms with Crippen molar-refractivity contribution < 1.29 is 9.59 Å². The minimum atomic E-state index is -0.638. The molecular formula is C17H23N5O2. The van der Waals surface area contributed by atoms with E-state index >= 15 is 0 Å². The zero-order valence-corrected chi connectivity index (χ0v) is 14.1. The molecule has 1 unspecified atom stereocenters. The topological polar surface area (TPSA) is 98.1 Å². The van der Waals surface area contributed by atoms with Crippen LogP contribution >= 0.6 is 0 Å². The fourth-order valence-corrected chi connectivity index (χ4v) is 2.73. The largest absolute Gasteiger partial charge is 0.341 e. The van der Waals surface area contributed by atoms with Crippen LogP contribution in [0, 0.1) is 17.2 Å². The Morgan fingerprint density at radius 2 is 2.25 bits per heavy atom. The first kappa shape index (κ1) is 17.7. The minimum absolute atomic E-state index is 0.0634. The quantitative estimate of drug-likeness (QED) is 0.793. The van der Waals surface area contributed by atoms with E-state index in [1.54, 1.807) is 11.1 Å². The van der Waals surface area contributed by atoms with Gasteiger partial charge in [-0.2, -0.15) is 5.26 Å². The highest BCUT2D eigenvalue weighted by molar-refractivity contribution is 5.87. The van der Waals surface area contributed by atoms with Gasteiger partial charge in [-0.05, 0) is 24.0 Å². The second-order valence-electron chi connectivity index (χ2n) is 6.29. The summed E-state index contributed by atoms with van der Waals surface area (Å²) in [5.74, 6) is -0.0768. The maximum Gasteiger partial charge on any atom is 0.318 e. The molecule has 1 aromatic rings. The Morgan fingerprint density at radius 1 is 1.46 bits per heavy atom. The zero-order chi connectivity index (χ0) is 17.5. The summed E-state index contributed by atoms with van der Waals surface area (Å²) in [6, 6.07) is 4.80. The van der Waals surface area contributed by atoms with Crippen LogP contribution in [0.4, 0.5) is 4.79 Å². The summed E-state index contributed by atoms with van der Waals surface area (Å²) < 4.78 is 0. The van der Waals surface area contributed by atoms with Gasteiger partial charge < -0.3 is 15.5 Å². The number of hydrogen-bond acceptors (Lipinski definition) is 4. The molecule has 3 amide bonds. The van der Waals surface area contributed by atoms with Gasteiger partial charge in [-0.1, -0.05) is 19.9 Å². The average Bonchev–Trinajstić information content (AvgIpc) is 2.58. The van der Waals surface area contributed by atoms with Crippen LogP contribution in [0.5, 0.6) is 0 Å². The number of rotatable bonds is 5. The highest BCUT2D eigenvalue weighted by Crippen LogP contribution is 2.16. The normalized spacial score (nSPS) is 14.5. The van der Waals surface area contributed by atoms with Crippen molar-refractivity contribution in [3.8, 4) is 6.07 Å². The number of fused-ring (bicyclic) bond motifs is 1. The molecule has 0 aliphatic carbocycles. The Hall–Kier alpha value is -2.62. The van der Waals surface area contributed by atoms with Gasteiger partial charge in [0.2, 0.25) is 5.91 Å². The number of pyridine rings is 1. The summed E-state index contributed by atoms with van der Waals surface area (Å²) in [5.41, 5.74) is 2.06. The first-order valence-electron chi connectivity index (χ1n) is 8.14. The van der Waals surface area contributed by atoms with Gasteiger partial charge in [0, 0.05) is 31.4 Å². The summed E-state index contributed by atoms with van der Waals surface area (Å²) in [5, 5.41) is 13.9. The molecule has 0 aromatic carbocycles. The first-order chi connectivity index (χ1) is 11.5. The van der Waals surface area contributed by atoms with E-state index in [1.165, 1.54) is 0 Å². The van der Waals surface area contributed by atoms with Crippen LogP contribution in [0.25, 0.3) is 0 Å². The van der Waals surface area contributed by atoms with Crippen molar-refractivity contribution >= 4 is 11.9 Å². The van der Waals surface area contributed by atoms with Crippen molar-refractivity contribution in [2.75, 3.05) is 13.1 Å². The standard InChI is InChI=1S/C17H23N5O2/c1-12(2)10-15(16(23)20-8-6-18)21-17(24)22-9-5-14-13(11-22)4-3-7-19-14/h3-4,7,12,15H,5,8-11H2,1-2H3,(H,20,23)(H,21,24). The number of nitrogens with one attached hydrogen (secondary N) is 2. The highest BCUT2D eigenvalue weighted by atomic mass is 16.2. The van der Waals surface area contributed by atoms with E-state index in [0.717, 1.165) is 11.3 Å². The van der Waals surface area contributed by atoms with E-state index < -0.39 is 6.04 Å². The van der Waals surface area contributed by atoms with E-state index in [9.17, 15) is 9.59 Å². The van der Waals surface area contributed by atoms with Crippen LogP contribution in [0.3, 0.4) is 0 Å². The maximum atomic E-state index is 12.5. The molecule has 0 saturated heterocycles. The molecule has 7 nitrogen and oxygen atoms in total. The monoisotopic (exact) mass is 329 g/mol. The molecule has 0 bridgehead atoms. The van der Waals surface area contributed by atoms with Crippen LogP contribution in [-0.4, -0.2) is 41.0 Å². The van der Waals surface area contributed by atoms with E-state index in [1.807, 2.05) is 32.0 Å². The van der Waals surface area contributed by atoms with Gasteiger partial charge in [0.25, 0.3) is 0 Å². The molecule has 1 aliphatic heterocycles. The predicted octanol–water partition coefficient (Wildman–Crippen LogP) is 1.20. The lowest BCUT2D eigenvalue weighted by Gasteiger charge is -2.30. The first-order valence-corrected chi connectivity index (χ1v) is 8.14. The van der Waals surface area contributed by atoms with Crippen molar-refractivity contribution in [2.45, 2.75) is 39.3 Å². The lowest BCUT2D eigenvalue weighted by molar-refractivity contribution is -0.123. The Bertz CT molecular complexity index is 638. The second kappa shape index (κ2) is 8.29. The van der Waals surface area contributed by atoms with E-state index in [0.29, 0.717) is 25.9 Å². The molecule has 2 heterocycles. The molecular weight excluding hydrogens is 306 g/mol. The lowest BCUT2D eigenvalue weighted by atomic mass is 10.0. The smallest absolute Gasteiger partial charge is 0.318 e. The van der Waals surface area contributed by atoms with E-state index in [4.69, 9.17) is 5.26 Å². The molecule has 2 rings (SSSR count). The SMILES string of the molecule is CC(C)CC(NC(=O)N1CCc2ncccc2C1)C(=O)NCC#N. The zero-order valence-electron chi connectivity index (χ0n) is 14.1. The van der Waals surface area contributed by atoms with Gasteiger partial charge in [-0.15, -0.1) is 0 Å². The molecule has 1 atom stereocenters. The summed E-state index contributed by atoms with van der Waals surface area (Å²) in [6.07, 6.45) is 2.99. The molecule has 0 saturated carbocycles. The number of carbonyl (C=O) groups is 2. The van der Waals surface area contributed by atoms with E-state index in [-0.39, 0.29) is 24.4 Å². The molecule has 7 heteroatoms. The van der Waals surface area contributed by atoms with E-state index in [2.05, 4.69) is 15.6 Å². The molecule has 0 spiro atoms. The molecule has 2 N–H and O–H groups in total. The minimum Gasteiger partial charge on any atom is -0.341 e. The van der Waals surface area contributed by atoms with Crippen LogP contribution in [0.15, 0.2) is 18.3 Å². The molecule has 24 heavy (non-hydrogen) atoms. The third-order valence-electron chi connectivity index (χ3n) is 3.91. The number of carbonyl (C=O) groups excluding carboxylic acids is 2. The maximum absolute atomic E-state index is 12.5. The number of nitriles is 1. The lowest BCUT2D eigenvalue weighted by Crippen LogP contribution is -2.52. The predicted molar refractivity (Wildman–Crippen MR) is 88.7 cm³/mol. The number of amides is 3. The van der Waals surface area contributed by atoms with Crippen LogP contribution in [-0.2, 0) is 17.8 Å². The summed E-state index contributed by atoms with van der Waals surface area (Å²) in [6.45, 7) is 4.97. The van der Waals surface area contributed by atoms with Gasteiger partial charge in [0.05, 0.1) is 6.07 Å². The summed E-state index contributed by atoms with van der Waals surface area (Å²) in [4.78, 5) is 30.7. The molecule has 1 aromatic heterocycles. The van der Waals surface area contributed by atoms with Crippen LogP contribution in [0.2, 0.25) is 0 Å². The summed E-state index contributed by atoms with van der Waals surface area (Å²) in [7, 11) is 0. The van der Waals surface area contributed by atoms with Crippen LogP contribution in [0.1, 0.15) is 31.5 Å². The fraction of sp³-hybridized carbons (Fsp3) is 0.529. The second-order valence-corrected chi connectivity index (χ2v) is 6.29. The molecule has 0 fully saturated rings. The number of urea groups is 1. The van der Waals surface area contributed by atoms with Gasteiger partial charge in [-0.25, -0.2) is 4.79 Å². The molecule has 0 radical (unpaired) electrons. The van der Waals surface area contributed by atoms with Crippen molar-refractivity contribution in [3.63, 3.8) is 0 Å². The molecule has 128 valence electrons. The summed E-state index contributed by atoms with van der Waals surface area (Å²) >= 11 is 0. The van der Waals surface area contributed by atoms with Gasteiger partial charge in [0.15, 0.2) is 0 Å². The van der Waals surface area contributed by atoms with Gasteiger partial charge >= 0.3 is 6.03 Å². The van der Waals surface area contributed by atoms with Gasteiger partial charge in [-0.3, -0.25) is 9.78 Å². The Kier molecular flexibility index (Phi) is 6.13. The number of aromatic nitrogens is 1. The Balaban J connectivity index is 2.00. The Morgan fingerprint density at radius 3 is 2.96 bits per heavy atom. The number of hydrogen-bond donors (Lipinski definition) is 2. The van der Waals surface area contributed by atoms with Gasteiger partial charge in [0.1, 0.15) is 12.6 Å². The van der Waals surface area contributed by atoms with Crippen molar-refractivity contribution in [1.29, 1.82) is 5.26 Å². The number of nitrogens with zero attached hydrogens (tertiary/aromatic N) is 3. The third kappa shape index (κ3) is 4.69. The Labute approximate surface area is 142 Å². The van der Waals surface area contributed by atoms with Crippen molar-refractivity contribution in [1.82, 2.24) is 20.5 Å². The van der Waals surface area contributed by atoms with Crippen molar-refractivity contribution in [3.05, 3.63) is 29.6 Å². The third-order valence-corrected chi connectivity index (χ3v) is 3.91. The molecule has 1 aliphatic rings. The fourth-order valence-electron chi connectivity index (χ4n) is 2.73. The van der Waals surface area contributed by atoms with Crippen LogP contribution < -0.4 is 10.6 Å². The average molecular weight is 329 g/mol.